The lowest BCUT2D eigenvalue weighted by molar-refractivity contribution is -0.232. The van der Waals surface area contributed by atoms with Crippen molar-refractivity contribution in [2.75, 3.05) is 0 Å². The van der Waals surface area contributed by atoms with Gasteiger partial charge in [0, 0.05) is 12.8 Å². The van der Waals surface area contributed by atoms with Crippen LogP contribution < -0.4 is 0 Å². The molecule has 0 saturated heterocycles. The summed E-state index contributed by atoms with van der Waals surface area (Å²) in [5, 5.41) is 3.58. The summed E-state index contributed by atoms with van der Waals surface area (Å²) in [7, 11) is 0. The minimum absolute atomic E-state index is 0.179. The molecule has 0 aromatic carbocycles. The number of ether oxygens (including phenoxy) is 1. The zero-order chi connectivity index (χ0) is 10.9. The molecule has 15 heavy (non-hydrogen) atoms. The third kappa shape index (κ3) is 2.71. The van der Waals surface area contributed by atoms with Gasteiger partial charge in [-0.25, -0.2) is 0 Å². The molecule has 1 aliphatic rings. The topological polar surface area (TPSA) is 48.2 Å². The number of alkyl halides is 2. The normalized spacial score (nSPS) is 17.8. The lowest BCUT2D eigenvalue weighted by atomic mass is 9.85. The van der Waals surface area contributed by atoms with Gasteiger partial charge in [-0.2, -0.15) is 13.8 Å². The maximum atomic E-state index is 12.3. The molecule has 0 N–H and O–H groups in total. The van der Waals surface area contributed by atoms with E-state index in [1.165, 1.54) is 0 Å². The molecule has 6 heteroatoms. The van der Waals surface area contributed by atoms with Gasteiger partial charge in [-0.1, -0.05) is 11.6 Å². The Hall–Kier alpha value is -1.04. The first kappa shape index (κ1) is 10.5. The van der Waals surface area contributed by atoms with Crippen LogP contribution in [0.4, 0.5) is 8.78 Å². The fourth-order valence-electron chi connectivity index (χ4n) is 1.34. The third-order valence-corrected chi connectivity index (χ3v) is 2.39. The molecule has 0 atom stereocenters. The van der Waals surface area contributed by atoms with Crippen LogP contribution in [-0.4, -0.2) is 16.2 Å². The largest absolute Gasteiger partial charge is 0.353 e. The third-order valence-electron chi connectivity index (χ3n) is 2.39. The molecule has 1 heterocycles. The Morgan fingerprint density at radius 3 is 2.80 bits per heavy atom. The van der Waals surface area contributed by atoms with Crippen LogP contribution in [0.1, 0.15) is 43.8 Å². The van der Waals surface area contributed by atoms with Gasteiger partial charge in [0.05, 0.1) is 0 Å². The SMILES string of the molecule is CC(F)(F)OCc1noc(C2CCC2)n1. The second kappa shape index (κ2) is 3.84. The zero-order valence-electron chi connectivity index (χ0n) is 8.37. The highest BCUT2D eigenvalue weighted by Crippen LogP contribution is 2.35. The number of halogens is 2. The lowest BCUT2D eigenvalue weighted by Crippen LogP contribution is -2.15. The summed E-state index contributed by atoms with van der Waals surface area (Å²) in [6.45, 7) is 0.361. The van der Waals surface area contributed by atoms with Crippen LogP contribution in [-0.2, 0) is 11.3 Å². The van der Waals surface area contributed by atoms with E-state index in [2.05, 4.69) is 14.9 Å². The highest BCUT2D eigenvalue weighted by Gasteiger charge is 2.27. The van der Waals surface area contributed by atoms with Gasteiger partial charge in [0.25, 0.3) is 0 Å². The molecule has 1 aromatic rings. The summed E-state index contributed by atoms with van der Waals surface area (Å²) in [4.78, 5) is 4.00. The predicted octanol–water partition coefficient (Wildman–Crippen LogP) is 2.47. The quantitative estimate of drug-likeness (QED) is 0.778. The first-order valence-corrected chi connectivity index (χ1v) is 4.89. The van der Waals surface area contributed by atoms with E-state index in [0.717, 1.165) is 19.3 Å². The molecule has 1 aliphatic carbocycles. The average molecular weight is 218 g/mol. The average Bonchev–Trinajstić information content (AvgIpc) is 2.45. The van der Waals surface area contributed by atoms with E-state index in [1.54, 1.807) is 0 Å². The van der Waals surface area contributed by atoms with Gasteiger partial charge in [-0.05, 0) is 12.8 Å². The molecule has 1 fully saturated rings. The van der Waals surface area contributed by atoms with Crippen LogP contribution in [0, 0.1) is 0 Å². The van der Waals surface area contributed by atoms with Crippen molar-refractivity contribution >= 4 is 0 Å². The monoisotopic (exact) mass is 218 g/mol. The predicted molar refractivity (Wildman–Crippen MR) is 46.3 cm³/mol. The summed E-state index contributed by atoms with van der Waals surface area (Å²) in [6.07, 6.45) is 0.0715. The fourth-order valence-corrected chi connectivity index (χ4v) is 1.34. The second-order valence-electron chi connectivity index (χ2n) is 3.77. The summed E-state index contributed by atoms with van der Waals surface area (Å²) in [5.74, 6) is 1.03. The van der Waals surface area contributed by atoms with Gasteiger partial charge in [0.2, 0.25) is 5.89 Å². The number of nitrogens with zero attached hydrogens (tertiary/aromatic N) is 2. The molecule has 0 bridgehead atoms. The first-order valence-electron chi connectivity index (χ1n) is 4.89. The summed E-state index contributed by atoms with van der Waals surface area (Å²) >= 11 is 0. The Balaban J connectivity index is 1.89. The van der Waals surface area contributed by atoms with Gasteiger partial charge in [-0.15, -0.1) is 0 Å². The van der Waals surface area contributed by atoms with Crippen molar-refractivity contribution in [3.8, 4) is 0 Å². The van der Waals surface area contributed by atoms with Crippen molar-refractivity contribution in [3.05, 3.63) is 11.7 Å². The van der Waals surface area contributed by atoms with Gasteiger partial charge < -0.3 is 9.26 Å². The number of hydrogen-bond acceptors (Lipinski definition) is 4. The molecular weight excluding hydrogens is 206 g/mol. The van der Waals surface area contributed by atoms with Crippen molar-refractivity contribution in [1.29, 1.82) is 0 Å². The van der Waals surface area contributed by atoms with Crippen LogP contribution in [0.5, 0.6) is 0 Å². The smallest absolute Gasteiger partial charge is 0.339 e. The van der Waals surface area contributed by atoms with E-state index in [1.807, 2.05) is 0 Å². The summed E-state index contributed by atoms with van der Waals surface area (Å²) in [5.41, 5.74) is 0. The summed E-state index contributed by atoms with van der Waals surface area (Å²) < 4.78 is 33.9. The van der Waals surface area contributed by atoms with E-state index >= 15 is 0 Å². The molecule has 0 amide bonds. The number of rotatable bonds is 4. The van der Waals surface area contributed by atoms with Crippen molar-refractivity contribution in [2.24, 2.45) is 0 Å². The van der Waals surface area contributed by atoms with Crippen LogP contribution in [0.2, 0.25) is 0 Å². The Kier molecular flexibility index (Phi) is 2.68. The van der Waals surface area contributed by atoms with E-state index in [9.17, 15) is 8.78 Å². The van der Waals surface area contributed by atoms with Crippen LogP contribution in [0.15, 0.2) is 4.52 Å². The minimum Gasteiger partial charge on any atom is -0.339 e. The molecule has 0 aliphatic heterocycles. The highest BCUT2D eigenvalue weighted by atomic mass is 19.3. The Morgan fingerprint density at radius 2 is 2.27 bits per heavy atom. The zero-order valence-corrected chi connectivity index (χ0v) is 8.37. The maximum Gasteiger partial charge on any atom is 0.353 e. The van der Waals surface area contributed by atoms with Crippen molar-refractivity contribution in [1.82, 2.24) is 10.1 Å². The van der Waals surface area contributed by atoms with E-state index in [-0.39, 0.29) is 12.4 Å². The minimum atomic E-state index is -3.16. The first-order chi connectivity index (χ1) is 7.04. The van der Waals surface area contributed by atoms with Crippen molar-refractivity contribution in [2.45, 2.75) is 44.8 Å². The van der Waals surface area contributed by atoms with Gasteiger partial charge in [0.15, 0.2) is 5.82 Å². The van der Waals surface area contributed by atoms with E-state index in [4.69, 9.17) is 4.52 Å². The number of hydrogen-bond donors (Lipinski definition) is 0. The van der Waals surface area contributed by atoms with Crippen molar-refractivity contribution < 1.29 is 18.0 Å². The van der Waals surface area contributed by atoms with Crippen LogP contribution >= 0.6 is 0 Å². The van der Waals surface area contributed by atoms with Crippen LogP contribution in [0.25, 0.3) is 0 Å². The molecule has 1 saturated carbocycles. The molecular formula is C9H12F2N2O2. The Bertz CT molecular complexity index is 331. The summed E-state index contributed by atoms with van der Waals surface area (Å²) in [6, 6.07) is 0. The maximum absolute atomic E-state index is 12.3. The molecule has 0 unspecified atom stereocenters. The lowest BCUT2D eigenvalue weighted by Gasteiger charge is -2.20. The van der Waals surface area contributed by atoms with E-state index < -0.39 is 6.11 Å². The Labute approximate surface area is 85.6 Å². The molecule has 1 aromatic heterocycles. The Morgan fingerprint density at radius 1 is 1.53 bits per heavy atom. The fraction of sp³-hybridized carbons (Fsp3) is 0.778. The standard InChI is InChI=1S/C9H12F2N2O2/c1-9(10,11)14-5-7-12-8(15-13-7)6-3-2-4-6/h6H,2-5H2,1H3. The molecule has 84 valence electrons. The molecule has 0 spiro atoms. The van der Waals surface area contributed by atoms with Gasteiger partial charge in [0.1, 0.15) is 6.61 Å². The molecule has 2 rings (SSSR count). The van der Waals surface area contributed by atoms with E-state index in [0.29, 0.717) is 18.7 Å². The second-order valence-corrected chi connectivity index (χ2v) is 3.77. The molecule has 0 radical (unpaired) electrons. The molecule has 4 nitrogen and oxygen atoms in total. The number of aromatic nitrogens is 2. The van der Waals surface area contributed by atoms with Gasteiger partial charge >= 0.3 is 6.11 Å². The van der Waals surface area contributed by atoms with Crippen LogP contribution in [0.3, 0.4) is 0 Å². The van der Waals surface area contributed by atoms with Gasteiger partial charge in [-0.3, -0.25) is 0 Å². The highest BCUT2D eigenvalue weighted by molar-refractivity contribution is 4.97. The van der Waals surface area contributed by atoms with Crippen molar-refractivity contribution in [3.63, 3.8) is 0 Å².